The number of allylic oxidation sites excluding steroid dienone is 1. The zero-order valence-corrected chi connectivity index (χ0v) is 30.4. The number of hydrogen-bond acceptors (Lipinski definition) is 9. The molecule has 4 rings (SSSR count). The normalized spacial score (nSPS) is 20.0. The molecule has 3 aliphatic rings. The minimum atomic E-state index is -3.74. The van der Waals surface area contributed by atoms with Crippen molar-refractivity contribution < 1.29 is 28.2 Å². The number of benzene rings is 1. The van der Waals surface area contributed by atoms with Crippen molar-refractivity contribution in [3.63, 3.8) is 0 Å². The Morgan fingerprint density at radius 3 is 2.30 bits per heavy atom. The molecular formula is C33H55Cl2N5O6S. The largest absolute Gasteiger partial charge is 0.394 e. The van der Waals surface area contributed by atoms with Crippen molar-refractivity contribution in [1.82, 2.24) is 20.2 Å². The highest BCUT2D eigenvalue weighted by atomic mass is 35.5. The van der Waals surface area contributed by atoms with Crippen molar-refractivity contribution in [2.75, 3.05) is 26.2 Å². The van der Waals surface area contributed by atoms with E-state index >= 15 is 0 Å². The van der Waals surface area contributed by atoms with Crippen molar-refractivity contribution in [3.8, 4) is 0 Å². The molecule has 2 unspecified atom stereocenters. The molecule has 2 saturated carbocycles. The molecule has 0 bridgehead atoms. The molecule has 0 saturated heterocycles. The van der Waals surface area contributed by atoms with Crippen molar-refractivity contribution in [1.29, 1.82) is 0 Å². The molecule has 1 aromatic carbocycles. The first-order valence-electron chi connectivity index (χ1n) is 16.5. The van der Waals surface area contributed by atoms with E-state index < -0.39 is 44.6 Å². The molecule has 1 aromatic rings. The first-order chi connectivity index (χ1) is 21.4. The number of aliphatic hydroxyl groups excluding tert-OH is 2. The van der Waals surface area contributed by atoms with Crippen LogP contribution in [0.3, 0.4) is 0 Å². The molecule has 2 aliphatic carbocycles. The predicted molar refractivity (Wildman–Crippen MR) is 188 cm³/mol. The summed E-state index contributed by atoms with van der Waals surface area (Å²) in [5.74, 6) is -0.834. The van der Waals surface area contributed by atoms with Gasteiger partial charge in [0.2, 0.25) is 17.3 Å². The highest BCUT2D eigenvalue weighted by Gasteiger charge is 2.52. The Morgan fingerprint density at radius 2 is 1.72 bits per heavy atom. The van der Waals surface area contributed by atoms with Crippen LogP contribution in [0.4, 0.5) is 0 Å². The molecule has 3 atom stereocenters. The zero-order chi connectivity index (χ0) is 32.8. The second-order valence-electron chi connectivity index (χ2n) is 13.7. The van der Waals surface area contributed by atoms with Gasteiger partial charge in [-0.25, -0.2) is 8.42 Å². The quantitative estimate of drug-likeness (QED) is 0.200. The lowest BCUT2D eigenvalue weighted by Gasteiger charge is -2.40. The first kappa shape index (κ1) is 41.1. The number of carbonyl (C=O) groups is 2. The average Bonchev–Trinajstić information content (AvgIpc) is 3.80. The Bertz CT molecular complexity index is 1290. The molecular weight excluding hydrogens is 665 g/mol. The first-order valence-corrected chi connectivity index (χ1v) is 18.0. The fourth-order valence-corrected chi connectivity index (χ4v) is 8.19. The summed E-state index contributed by atoms with van der Waals surface area (Å²) in [6, 6.07) is 9.65. The molecule has 2 fully saturated rings. The van der Waals surface area contributed by atoms with E-state index in [0.29, 0.717) is 18.9 Å². The second-order valence-corrected chi connectivity index (χ2v) is 16.3. The summed E-state index contributed by atoms with van der Waals surface area (Å²) < 4.78 is 27.2. The van der Waals surface area contributed by atoms with E-state index in [9.17, 15) is 28.2 Å². The lowest BCUT2D eigenvalue weighted by molar-refractivity contribution is -0.145. The summed E-state index contributed by atoms with van der Waals surface area (Å²) in [5.41, 5.74) is 9.56. The van der Waals surface area contributed by atoms with Gasteiger partial charge in [-0.2, -0.15) is 0 Å². The average molecular weight is 721 g/mol. The van der Waals surface area contributed by atoms with Crippen LogP contribution in [0, 0.1) is 11.8 Å². The van der Waals surface area contributed by atoms with Crippen LogP contribution in [0.5, 0.6) is 0 Å². The molecule has 11 nitrogen and oxygen atoms in total. The number of hydrogen-bond donors (Lipinski definition) is 4. The van der Waals surface area contributed by atoms with Gasteiger partial charge in [0.1, 0.15) is 0 Å². The number of nitrogens with zero attached hydrogens (tertiary/aromatic N) is 3. The van der Waals surface area contributed by atoms with E-state index in [4.69, 9.17) is 5.73 Å². The summed E-state index contributed by atoms with van der Waals surface area (Å²) >= 11 is 0. The fraction of sp³-hybridized carbons (Fsp3) is 0.697. The van der Waals surface area contributed by atoms with Crippen molar-refractivity contribution in [2.24, 2.45) is 17.6 Å². The maximum Gasteiger partial charge on any atom is 0.241 e. The maximum absolute atomic E-state index is 14.2. The van der Waals surface area contributed by atoms with Gasteiger partial charge in [-0.1, -0.05) is 56.5 Å². The SMILES string of the molecule is CC(Cc1ccccc1)C(=O)NN(CC(O)CO)C(=O)CCC1=CN(CC2CCCCC2)[C@@H](S(=O)(=O)C(C)(C)CN)N1C1CC1.Cl.Cl. The van der Waals surface area contributed by atoms with Gasteiger partial charge in [-0.15, -0.1) is 24.8 Å². The molecule has 0 spiro atoms. The molecule has 2 amide bonds. The van der Waals surface area contributed by atoms with Gasteiger partial charge < -0.3 is 25.7 Å². The summed E-state index contributed by atoms with van der Waals surface area (Å²) in [6.07, 6.45) is 8.83. The van der Waals surface area contributed by atoms with Crippen LogP contribution in [0.1, 0.15) is 84.1 Å². The van der Waals surface area contributed by atoms with Crippen LogP contribution < -0.4 is 11.2 Å². The van der Waals surface area contributed by atoms with E-state index in [1.54, 1.807) is 20.8 Å². The Balaban J connectivity index is 0.00000384. The lowest BCUT2D eigenvalue weighted by atomic mass is 9.89. The molecule has 0 aromatic heterocycles. The minimum absolute atomic E-state index is 0. The van der Waals surface area contributed by atoms with Gasteiger partial charge in [0.15, 0.2) is 9.84 Å². The minimum Gasteiger partial charge on any atom is -0.394 e. The highest BCUT2D eigenvalue weighted by Crippen LogP contribution is 2.43. The fourth-order valence-electron chi connectivity index (χ4n) is 6.28. The Morgan fingerprint density at radius 1 is 1.09 bits per heavy atom. The van der Waals surface area contributed by atoms with Crippen LogP contribution in [0.15, 0.2) is 42.2 Å². The Hall–Kier alpha value is -2.09. The molecule has 14 heteroatoms. The van der Waals surface area contributed by atoms with Gasteiger partial charge >= 0.3 is 0 Å². The number of nitrogens with two attached hydrogens (primary N) is 1. The van der Waals surface area contributed by atoms with E-state index in [-0.39, 0.29) is 62.7 Å². The van der Waals surface area contributed by atoms with Gasteiger partial charge in [0.25, 0.3) is 0 Å². The number of halogens is 2. The number of sulfone groups is 1. The third kappa shape index (κ3) is 10.4. The molecule has 268 valence electrons. The lowest BCUT2D eigenvalue weighted by Crippen LogP contribution is -2.56. The number of aliphatic hydroxyl groups is 2. The molecule has 47 heavy (non-hydrogen) atoms. The highest BCUT2D eigenvalue weighted by molar-refractivity contribution is 7.93. The van der Waals surface area contributed by atoms with Gasteiger partial charge in [-0.3, -0.25) is 20.0 Å². The van der Waals surface area contributed by atoms with Crippen LogP contribution in [-0.2, 0) is 25.8 Å². The van der Waals surface area contributed by atoms with E-state index in [0.717, 1.165) is 54.8 Å². The van der Waals surface area contributed by atoms with Crippen LogP contribution >= 0.6 is 24.8 Å². The number of rotatable bonds is 15. The number of nitrogens with one attached hydrogen (secondary N) is 1. The van der Waals surface area contributed by atoms with Gasteiger partial charge in [-0.05, 0) is 63.9 Å². The third-order valence-corrected chi connectivity index (χ3v) is 12.2. The Kier molecular flexibility index (Phi) is 15.8. The van der Waals surface area contributed by atoms with Gasteiger partial charge in [0, 0.05) is 43.4 Å². The van der Waals surface area contributed by atoms with Crippen molar-refractivity contribution in [3.05, 3.63) is 47.8 Å². The number of amides is 2. The van der Waals surface area contributed by atoms with Crippen LogP contribution in [0.25, 0.3) is 0 Å². The van der Waals surface area contributed by atoms with Crippen LogP contribution in [-0.4, -0.2) is 93.9 Å². The van der Waals surface area contributed by atoms with E-state index in [1.807, 2.05) is 46.3 Å². The summed E-state index contributed by atoms with van der Waals surface area (Å²) in [6.45, 7) is 4.94. The Labute approximate surface area is 293 Å². The standard InChI is InChI=1S/C33H53N5O6S.2ClH/c1-24(18-25-10-6-4-7-11-25)31(42)35-37(21-29(40)22-39)30(41)17-16-28-20-36(19-26-12-8-5-9-13-26)32(38(28)27-14-15-27)45(43,44)33(2,3)23-34;;/h4,6-7,10-11,20,24,26-27,29,32,39-40H,5,8-9,12-19,21-23,34H2,1-3H3,(H,35,42);2*1H/t24?,29?,32-;;/m1../s1. The summed E-state index contributed by atoms with van der Waals surface area (Å²) in [4.78, 5) is 30.6. The monoisotopic (exact) mass is 719 g/mol. The smallest absolute Gasteiger partial charge is 0.241 e. The zero-order valence-electron chi connectivity index (χ0n) is 27.9. The predicted octanol–water partition coefficient (Wildman–Crippen LogP) is 3.34. The molecule has 1 aliphatic heterocycles. The van der Waals surface area contributed by atoms with Crippen molar-refractivity contribution >= 4 is 46.5 Å². The van der Waals surface area contributed by atoms with E-state index in [1.165, 1.54) is 6.42 Å². The van der Waals surface area contributed by atoms with Crippen molar-refractivity contribution in [2.45, 2.75) is 107 Å². The second kappa shape index (κ2) is 18.1. The number of carbonyl (C=O) groups excluding carboxylic acids is 2. The number of hydrazine groups is 1. The maximum atomic E-state index is 14.2. The van der Waals surface area contributed by atoms with Gasteiger partial charge in [0.05, 0.1) is 24.0 Å². The molecule has 1 heterocycles. The third-order valence-electron chi connectivity index (χ3n) is 9.42. The summed E-state index contributed by atoms with van der Waals surface area (Å²) in [5, 5.41) is 20.7. The van der Waals surface area contributed by atoms with Crippen LogP contribution in [0.2, 0.25) is 0 Å². The molecule has 5 N–H and O–H groups in total. The topological polar surface area (TPSA) is 157 Å². The van der Waals surface area contributed by atoms with E-state index in [2.05, 4.69) is 5.43 Å². The summed E-state index contributed by atoms with van der Waals surface area (Å²) in [7, 11) is -3.74. The molecule has 0 radical (unpaired) electrons.